The predicted octanol–water partition coefficient (Wildman–Crippen LogP) is 2.83. The largest absolute Gasteiger partial charge is 0.492 e. The van der Waals surface area contributed by atoms with E-state index < -0.39 is 0 Å². The lowest BCUT2D eigenvalue weighted by atomic mass is 10.1. The molecule has 1 heterocycles. The summed E-state index contributed by atoms with van der Waals surface area (Å²) >= 11 is 0. The zero-order valence-electron chi connectivity index (χ0n) is 10.9. The third-order valence-corrected chi connectivity index (χ3v) is 2.25. The molecule has 6 heteroatoms. The summed E-state index contributed by atoms with van der Waals surface area (Å²) in [6.07, 6.45) is 5.42. The summed E-state index contributed by atoms with van der Waals surface area (Å²) in [4.78, 5) is 4.00. The number of hydrogen-bond donors (Lipinski definition) is 1. The van der Waals surface area contributed by atoms with Gasteiger partial charge < -0.3 is 15.0 Å². The fourth-order valence-corrected chi connectivity index (χ4v) is 1.40. The van der Waals surface area contributed by atoms with Gasteiger partial charge in [0.15, 0.2) is 0 Å². The van der Waals surface area contributed by atoms with Gasteiger partial charge in [0.25, 0.3) is 0 Å². The lowest BCUT2D eigenvalue weighted by Gasteiger charge is -2.19. The highest BCUT2D eigenvalue weighted by Gasteiger charge is 2.11. The highest BCUT2D eigenvalue weighted by Crippen LogP contribution is 2.16. The van der Waals surface area contributed by atoms with Crippen LogP contribution in [-0.2, 0) is 0 Å². The highest BCUT2D eigenvalue weighted by molar-refractivity contribution is 5.85. The van der Waals surface area contributed by atoms with E-state index in [1.165, 1.54) is 0 Å². The van der Waals surface area contributed by atoms with Crippen molar-refractivity contribution in [2.45, 2.75) is 19.4 Å². The second-order valence-corrected chi connectivity index (χ2v) is 4.74. The Hall–Kier alpha value is -1.23. The van der Waals surface area contributed by atoms with Gasteiger partial charge in [-0.05, 0) is 38.1 Å². The van der Waals surface area contributed by atoms with Gasteiger partial charge in [0.2, 0.25) is 0 Å². The Balaban J connectivity index is 0.00000162. The average molecular weight is 304 g/mol. The van der Waals surface area contributed by atoms with Crippen molar-refractivity contribution >= 4 is 24.8 Å². The van der Waals surface area contributed by atoms with Gasteiger partial charge in [-0.2, -0.15) is 0 Å². The molecule has 0 aliphatic heterocycles. The Kier molecular flexibility index (Phi) is 6.90. The number of ether oxygens (including phenoxy) is 1. The number of benzene rings is 1. The minimum absolute atomic E-state index is 0. The van der Waals surface area contributed by atoms with E-state index in [0.717, 1.165) is 11.4 Å². The standard InChI is InChI=1S/C13H17N3O.2ClH/c1-13(2,14)9-17-12-5-3-11(4-6-12)16-8-7-15-10-16;;/h3-8,10H,9,14H2,1-2H3;2*1H. The number of rotatable bonds is 4. The lowest BCUT2D eigenvalue weighted by molar-refractivity contribution is 0.243. The van der Waals surface area contributed by atoms with Crippen molar-refractivity contribution in [3.8, 4) is 11.4 Å². The third kappa shape index (κ3) is 5.51. The highest BCUT2D eigenvalue weighted by atomic mass is 35.5. The molecule has 0 unspecified atom stereocenters. The summed E-state index contributed by atoms with van der Waals surface area (Å²) in [5, 5.41) is 0. The number of nitrogens with two attached hydrogens (primary N) is 1. The smallest absolute Gasteiger partial charge is 0.119 e. The molecule has 2 rings (SSSR count). The first-order valence-electron chi connectivity index (χ1n) is 5.55. The van der Waals surface area contributed by atoms with Crippen LogP contribution in [0.3, 0.4) is 0 Å². The van der Waals surface area contributed by atoms with E-state index in [9.17, 15) is 0 Å². The van der Waals surface area contributed by atoms with Gasteiger partial charge in [0.1, 0.15) is 12.4 Å². The maximum atomic E-state index is 5.85. The van der Waals surface area contributed by atoms with Crippen LogP contribution in [0.1, 0.15) is 13.8 Å². The Morgan fingerprint density at radius 2 is 1.84 bits per heavy atom. The SMILES string of the molecule is CC(C)(N)COc1ccc(-n2ccnc2)cc1.Cl.Cl. The van der Waals surface area contributed by atoms with Crippen molar-refractivity contribution in [3.05, 3.63) is 43.0 Å². The Morgan fingerprint density at radius 3 is 2.32 bits per heavy atom. The monoisotopic (exact) mass is 303 g/mol. The van der Waals surface area contributed by atoms with Crippen molar-refractivity contribution in [2.24, 2.45) is 5.73 Å². The van der Waals surface area contributed by atoms with Crippen molar-refractivity contribution in [1.82, 2.24) is 9.55 Å². The second kappa shape index (κ2) is 7.38. The summed E-state index contributed by atoms with van der Waals surface area (Å²) in [6, 6.07) is 7.84. The quantitative estimate of drug-likeness (QED) is 0.945. The van der Waals surface area contributed by atoms with Crippen molar-refractivity contribution in [1.29, 1.82) is 0 Å². The number of aromatic nitrogens is 2. The number of hydrogen-bond acceptors (Lipinski definition) is 3. The van der Waals surface area contributed by atoms with E-state index in [0.29, 0.717) is 6.61 Å². The summed E-state index contributed by atoms with van der Waals surface area (Å²) < 4.78 is 7.53. The molecule has 0 aliphatic carbocycles. The Labute approximate surface area is 125 Å². The molecule has 0 saturated heterocycles. The van der Waals surface area contributed by atoms with E-state index in [4.69, 9.17) is 10.5 Å². The molecule has 1 aromatic heterocycles. The van der Waals surface area contributed by atoms with E-state index in [2.05, 4.69) is 4.98 Å². The van der Waals surface area contributed by atoms with Gasteiger partial charge in [0.05, 0.1) is 6.33 Å². The number of halogens is 2. The predicted molar refractivity (Wildman–Crippen MR) is 81.8 cm³/mol. The molecule has 0 bridgehead atoms. The van der Waals surface area contributed by atoms with Crippen LogP contribution in [0.4, 0.5) is 0 Å². The maximum absolute atomic E-state index is 5.85. The van der Waals surface area contributed by atoms with Crippen LogP contribution in [0.25, 0.3) is 5.69 Å². The summed E-state index contributed by atoms with van der Waals surface area (Å²) in [7, 11) is 0. The van der Waals surface area contributed by atoms with Gasteiger partial charge in [-0.1, -0.05) is 0 Å². The molecule has 0 aliphatic rings. The van der Waals surface area contributed by atoms with Crippen LogP contribution in [0, 0.1) is 0 Å². The molecule has 19 heavy (non-hydrogen) atoms. The zero-order chi connectivity index (χ0) is 12.3. The molecule has 0 spiro atoms. The maximum Gasteiger partial charge on any atom is 0.119 e. The first-order valence-corrected chi connectivity index (χ1v) is 5.55. The minimum Gasteiger partial charge on any atom is -0.492 e. The molecule has 0 saturated carbocycles. The average Bonchev–Trinajstić information content (AvgIpc) is 2.79. The summed E-state index contributed by atoms with van der Waals surface area (Å²) in [5.41, 5.74) is 6.59. The lowest BCUT2D eigenvalue weighted by Crippen LogP contribution is -2.38. The molecule has 0 fully saturated rings. The molecule has 2 aromatic rings. The van der Waals surface area contributed by atoms with E-state index in [1.54, 1.807) is 12.5 Å². The van der Waals surface area contributed by atoms with Gasteiger partial charge in [-0.3, -0.25) is 0 Å². The molecule has 0 radical (unpaired) electrons. The van der Waals surface area contributed by atoms with Gasteiger partial charge in [-0.25, -0.2) is 4.98 Å². The van der Waals surface area contributed by atoms with Crippen LogP contribution >= 0.6 is 24.8 Å². The fourth-order valence-electron chi connectivity index (χ4n) is 1.40. The van der Waals surface area contributed by atoms with Crippen molar-refractivity contribution in [3.63, 3.8) is 0 Å². The van der Waals surface area contributed by atoms with Gasteiger partial charge in [-0.15, -0.1) is 24.8 Å². The van der Waals surface area contributed by atoms with E-state index >= 15 is 0 Å². The topological polar surface area (TPSA) is 53.1 Å². The third-order valence-electron chi connectivity index (χ3n) is 2.25. The van der Waals surface area contributed by atoms with Gasteiger partial charge >= 0.3 is 0 Å². The summed E-state index contributed by atoms with van der Waals surface area (Å²) in [5.74, 6) is 0.826. The van der Waals surface area contributed by atoms with Crippen molar-refractivity contribution in [2.75, 3.05) is 6.61 Å². The molecular weight excluding hydrogens is 285 g/mol. The number of nitrogens with zero attached hydrogens (tertiary/aromatic N) is 2. The van der Waals surface area contributed by atoms with Crippen LogP contribution in [0.5, 0.6) is 5.75 Å². The van der Waals surface area contributed by atoms with Crippen LogP contribution < -0.4 is 10.5 Å². The molecule has 4 nitrogen and oxygen atoms in total. The summed E-state index contributed by atoms with van der Waals surface area (Å²) in [6.45, 7) is 4.37. The molecule has 0 atom stereocenters. The first-order chi connectivity index (χ1) is 8.04. The molecule has 106 valence electrons. The van der Waals surface area contributed by atoms with Crippen LogP contribution in [-0.4, -0.2) is 21.7 Å². The van der Waals surface area contributed by atoms with E-state index in [-0.39, 0.29) is 30.4 Å². The molecule has 0 amide bonds. The Bertz CT molecular complexity index is 464. The molecule has 2 N–H and O–H groups in total. The Morgan fingerprint density at radius 1 is 1.21 bits per heavy atom. The molecular formula is C13H19Cl2N3O. The molecule has 1 aromatic carbocycles. The minimum atomic E-state index is -0.316. The van der Waals surface area contributed by atoms with Crippen LogP contribution in [0.2, 0.25) is 0 Å². The fraction of sp³-hybridized carbons (Fsp3) is 0.308. The zero-order valence-corrected chi connectivity index (χ0v) is 12.6. The van der Waals surface area contributed by atoms with Gasteiger partial charge in [0, 0.05) is 23.6 Å². The first kappa shape index (κ1) is 17.8. The normalized spacial score (nSPS) is 10.3. The van der Waals surface area contributed by atoms with E-state index in [1.807, 2.05) is 48.9 Å². The number of imidazole rings is 1. The van der Waals surface area contributed by atoms with Crippen molar-refractivity contribution < 1.29 is 4.74 Å². The van der Waals surface area contributed by atoms with Crippen LogP contribution in [0.15, 0.2) is 43.0 Å². The second-order valence-electron chi connectivity index (χ2n) is 4.74.